The summed E-state index contributed by atoms with van der Waals surface area (Å²) >= 11 is 16.5. The fraction of sp³-hybridized carbons (Fsp3) is 0.125. The summed E-state index contributed by atoms with van der Waals surface area (Å²) in [6.07, 6.45) is 0. The van der Waals surface area contributed by atoms with Gasteiger partial charge in [0.25, 0.3) is 0 Å². The molecule has 0 spiro atoms. The summed E-state index contributed by atoms with van der Waals surface area (Å²) in [6, 6.07) is 6.69. The number of anilines is 1. The van der Waals surface area contributed by atoms with Crippen molar-refractivity contribution in [2.45, 2.75) is 0 Å². The zero-order valence-electron chi connectivity index (χ0n) is 6.51. The Kier molecular flexibility index (Phi) is 3.85. The van der Waals surface area contributed by atoms with Crippen molar-refractivity contribution in [3.05, 3.63) is 29.3 Å². The molecule has 0 bridgehead atoms. The highest BCUT2D eigenvalue weighted by Gasteiger charge is 2.10. The Hall–Kier alpha value is -0.440. The summed E-state index contributed by atoms with van der Waals surface area (Å²) in [7, 11) is 0. The molecule has 0 aliphatic carbocycles. The van der Waals surface area contributed by atoms with Gasteiger partial charge in [0.1, 0.15) is 6.00 Å². The van der Waals surface area contributed by atoms with Crippen molar-refractivity contribution in [3.8, 4) is 0 Å². The van der Waals surface area contributed by atoms with Crippen molar-refractivity contribution >= 4 is 45.9 Å². The lowest BCUT2D eigenvalue weighted by atomic mass is 10.3. The van der Waals surface area contributed by atoms with E-state index < -0.39 is 5.37 Å². The van der Waals surface area contributed by atoms with Crippen LogP contribution >= 0.6 is 34.8 Å². The number of hydrogen-bond donors (Lipinski definition) is 0. The molecule has 70 valence electrons. The average molecular weight is 239 g/mol. The van der Waals surface area contributed by atoms with Gasteiger partial charge in [-0.1, -0.05) is 11.6 Å². The molecule has 2 nitrogen and oxygen atoms in total. The lowest BCUT2D eigenvalue weighted by Crippen LogP contribution is -2.23. The molecule has 5 heteroatoms. The highest BCUT2D eigenvalue weighted by molar-refractivity contribution is 6.66. The van der Waals surface area contributed by atoms with Gasteiger partial charge in [0.05, 0.1) is 0 Å². The van der Waals surface area contributed by atoms with Crippen LogP contribution < -0.4 is 4.90 Å². The Morgan fingerprint density at radius 3 is 2.23 bits per heavy atom. The highest BCUT2D eigenvalue weighted by atomic mass is 35.5. The van der Waals surface area contributed by atoms with Crippen LogP contribution in [0.15, 0.2) is 24.3 Å². The molecule has 1 rings (SSSR count). The first kappa shape index (κ1) is 10.6. The monoisotopic (exact) mass is 237 g/mol. The molecule has 0 aliphatic heterocycles. The van der Waals surface area contributed by atoms with Gasteiger partial charge in [-0.2, -0.15) is 0 Å². The number of rotatable bonds is 2. The molecule has 0 aliphatic rings. The standard InChI is InChI=1S/C8H6Cl3NO/c9-5-12(8(11)13)7-3-1-6(10)2-4-7/h1-4H,5H2. The number of halogens is 3. The lowest BCUT2D eigenvalue weighted by molar-refractivity contribution is 0.265. The predicted molar refractivity (Wildman–Crippen MR) is 55.9 cm³/mol. The average Bonchev–Trinajstić information content (AvgIpc) is 2.09. The number of nitrogens with zero attached hydrogens (tertiary/aromatic N) is 1. The molecule has 0 atom stereocenters. The van der Waals surface area contributed by atoms with Crippen LogP contribution in [0.25, 0.3) is 0 Å². The molecule has 1 amide bonds. The summed E-state index contributed by atoms with van der Waals surface area (Å²) in [5.74, 6) is 0. The van der Waals surface area contributed by atoms with Crippen LogP contribution in [-0.2, 0) is 0 Å². The fourth-order valence-corrected chi connectivity index (χ4v) is 1.43. The van der Waals surface area contributed by atoms with E-state index >= 15 is 0 Å². The van der Waals surface area contributed by atoms with Crippen molar-refractivity contribution in [1.82, 2.24) is 0 Å². The van der Waals surface area contributed by atoms with Crippen molar-refractivity contribution in [3.63, 3.8) is 0 Å². The zero-order chi connectivity index (χ0) is 9.84. The number of carbonyl (C=O) groups excluding carboxylic acids is 1. The summed E-state index contributed by atoms with van der Waals surface area (Å²) < 4.78 is 0. The minimum absolute atomic E-state index is 0.0178. The van der Waals surface area contributed by atoms with E-state index in [0.29, 0.717) is 10.7 Å². The molecule has 13 heavy (non-hydrogen) atoms. The van der Waals surface area contributed by atoms with Crippen LogP contribution in [0, 0.1) is 0 Å². The van der Waals surface area contributed by atoms with Gasteiger partial charge in [-0.05, 0) is 35.9 Å². The number of carbonyl (C=O) groups is 1. The molecule has 0 aromatic heterocycles. The molecule has 0 unspecified atom stereocenters. The number of alkyl halides is 1. The van der Waals surface area contributed by atoms with Gasteiger partial charge in [-0.25, -0.2) is 0 Å². The molecule has 0 fully saturated rings. The highest BCUT2D eigenvalue weighted by Crippen LogP contribution is 2.19. The molecule has 0 heterocycles. The Bertz CT molecular complexity index is 299. The van der Waals surface area contributed by atoms with Crippen LogP contribution in [0.4, 0.5) is 10.5 Å². The van der Waals surface area contributed by atoms with Crippen molar-refractivity contribution in [2.24, 2.45) is 0 Å². The van der Waals surface area contributed by atoms with E-state index in [1.807, 2.05) is 0 Å². The SMILES string of the molecule is O=C(Cl)N(CCl)c1ccc(Cl)cc1. The molecule has 0 saturated heterocycles. The maximum atomic E-state index is 10.8. The fourth-order valence-electron chi connectivity index (χ4n) is 0.839. The first-order valence-electron chi connectivity index (χ1n) is 3.43. The van der Waals surface area contributed by atoms with Gasteiger partial charge in [0.15, 0.2) is 0 Å². The summed E-state index contributed by atoms with van der Waals surface area (Å²) in [5, 5.41) is -0.0161. The normalized spacial score (nSPS) is 9.77. The van der Waals surface area contributed by atoms with E-state index in [1.54, 1.807) is 24.3 Å². The third-order valence-electron chi connectivity index (χ3n) is 1.47. The number of hydrogen-bond acceptors (Lipinski definition) is 1. The van der Waals surface area contributed by atoms with Crippen LogP contribution in [0.2, 0.25) is 5.02 Å². The number of amides is 1. The van der Waals surface area contributed by atoms with Gasteiger partial charge in [0, 0.05) is 10.7 Å². The second-order valence-corrected chi connectivity index (χ2v) is 3.28. The van der Waals surface area contributed by atoms with Gasteiger partial charge in [-0.3, -0.25) is 9.69 Å². The van der Waals surface area contributed by atoms with Crippen LogP contribution in [0.1, 0.15) is 0 Å². The first-order chi connectivity index (χ1) is 6.15. The zero-order valence-corrected chi connectivity index (χ0v) is 8.77. The van der Waals surface area contributed by atoms with E-state index in [0.717, 1.165) is 0 Å². The van der Waals surface area contributed by atoms with E-state index in [1.165, 1.54) is 4.90 Å². The quantitative estimate of drug-likeness (QED) is 0.437. The molecule has 0 radical (unpaired) electrons. The smallest absolute Gasteiger partial charge is 0.285 e. The molecule has 1 aromatic rings. The summed E-state index contributed by atoms with van der Waals surface area (Å²) in [6.45, 7) is 0. The second-order valence-electron chi connectivity index (χ2n) is 2.28. The largest absolute Gasteiger partial charge is 0.321 e. The molecular weight excluding hydrogens is 232 g/mol. The predicted octanol–water partition coefficient (Wildman–Crippen LogP) is 3.70. The van der Waals surface area contributed by atoms with Crippen molar-refractivity contribution in [1.29, 1.82) is 0 Å². The van der Waals surface area contributed by atoms with E-state index in [9.17, 15) is 4.79 Å². The second kappa shape index (κ2) is 4.70. The Morgan fingerprint density at radius 1 is 1.31 bits per heavy atom. The number of benzene rings is 1. The van der Waals surface area contributed by atoms with Crippen molar-refractivity contribution < 1.29 is 4.79 Å². The molecular formula is C8H6Cl3NO. The maximum absolute atomic E-state index is 10.8. The van der Waals surface area contributed by atoms with E-state index in [4.69, 9.17) is 34.8 Å². The van der Waals surface area contributed by atoms with E-state index in [-0.39, 0.29) is 6.00 Å². The molecule has 1 aromatic carbocycles. The van der Waals surface area contributed by atoms with Crippen LogP contribution in [0.5, 0.6) is 0 Å². The maximum Gasteiger partial charge on any atom is 0.321 e. The first-order valence-corrected chi connectivity index (χ1v) is 4.72. The van der Waals surface area contributed by atoms with Crippen LogP contribution in [0.3, 0.4) is 0 Å². The van der Waals surface area contributed by atoms with Gasteiger partial charge in [-0.15, -0.1) is 11.6 Å². The van der Waals surface area contributed by atoms with Gasteiger partial charge < -0.3 is 0 Å². The van der Waals surface area contributed by atoms with Gasteiger partial charge in [0.2, 0.25) is 0 Å². The lowest BCUT2D eigenvalue weighted by Gasteiger charge is -2.15. The van der Waals surface area contributed by atoms with E-state index in [2.05, 4.69) is 0 Å². The minimum Gasteiger partial charge on any atom is -0.285 e. The molecule has 0 saturated carbocycles. The summed E-state index contributed by atoms with van der Waals surface area (Å²) in [5.41, 5.74) is 0.624. The van der Waals surface area contributed by atoms with Crippen LogP contribution in [-0.4, -0.2) is 11.4 Å². The third-order valence-corrected chi connectivity index (χ3v) is 2.17. The van der Waals surface area contributed by atoms with Crippen molar-refractivity contribution in [2.75, 3.05) is 10.9 Å². The topological polar surface area (TPSA) is 20.3 Å². The Labute approximate surface area is 91.0 Å². The Morgan fingerprint density at radius 2 is 1.85 bits per heavy atom. The molecule has 0 N–H and O–H groups in total. The minimum atomic E-state index is -0.614. The summed E-state index contributed by atoms with van der Waals surface area (Å²) in [4.78, 5) is 12.1. The third kappa shape index (κ3) is 2.76. The Balaban J connectivity index is 2.92. The van der Waals surface area contributed by atoms with Gasteiger partial charge >= 0.3 is 5.37 Å².